The van der Waals surface area contributed by atoms with Gasteiger partial charge in [-0.1, -0.05) is 0 Å². The standard InChI is InChI=1S/C15H21FN4O3/c16-15(1-2-15)13(21)20-3-4-22-9-14(8-20)5-12(7-23-14)6-19-10-17-18-11-19/h10-12H,1-9H2. The molecule has 3 aliphatic rings. The predicted molar refractivity (Wildman–Crippen MR) is 77.3 cm³/mol. The number of hydrogen-bond donors (Lipinski definition) is 0. The molecule has 23 heavy (non-hydrogen) atoms. The predicted octanol–water partition coefficient (Wildman–Crippen LogP) is 0.414. The lowest BCUT2D eigenvalue weighted by Crippen LogP contribution is -2.49. The van der Waals surface area contributed by atoms with Crippen molar-refractivity contribution in [3.63, 3.8) is 0 Å². The SMILES string of the molecule is O=C(N1CCOCC2(CC(Cn3cnnc3)CO2)C1)C1(F)CC1. The summed E-state index contributed by atoms with van der Waals surface area (Å²) in [6, 6.07) is 0. The largest absolute Gasteiger partial charge is 0.377 e. The van der Waals surface area contributed by atoms with Crippen LogP contribution in [0.25, 0.3) is 0 Å². The van der Waals surface area contributed by atoms with Gasteiger partial charge >= 0.3 is 0 Å². The van der Waals surface area contributed by atoms with Gasteiger partial charge in [0.15, 0.2) is 5.67 Å². The van der Waals surface area contributed by atoms with E-state index in [1.165, 1.54) is 0 Å². The highest BCUT2D eigenvalue weighted by Crippen LogP contribution is 2.42. The monoisotopic (exact) mass is 324 g/mol. The summed E-state index contributed by atoms with van der Waals surface area (Å²) in [5.41, 5.74) is -2.15. The molecule has 1 aromatic rings. The molecule has 2 aliphatic heterocycles. The zero-order valence-corrected chi connectivity index (χ0v) is 13.0. The molecule has 4 rings (SSSR count). The van der Waals surface area contributed by atoms with Crippen LogP contribution in [0, 0.1) is 5.92 Å². The molecule has 1 aromatic heterocycles. The number of nitrogens with zero attached hydrogens (tertiary/aromatic N) is 4. The Bertz CT molecular complexity index is 577. The van der Waals surface area contributed by atoms with Crippen LogP contribution in [0.1, 0.15) is 19.3 Å². The van der Waals surface area contributed by atoms with Crippen LogP contribution in [0.4, 0.5) is 4.39 Å². The number of ether oxygens (including phenoxy) is 2. The average Bonchev–Trinajstić information content (AvgIpc) is 2.96. The fraction of sp³-hybridized carbons (Fsp3) is 0.800. The van der Waals surface area contributed by atoms with Crippen molar-refractivity contribution in [3.8, 4) is 0 Å². The van der Waals surface area contributed by atoms with E-state index in [1.807, 2.05) is 4.57 Å². The van der Waals surface area contributed by atoms with Crippen molar-refractivity contribution in [2.45, 2.75) is 37.1 Å². The Morgan fingerprint density at radius 2 is 2.13 bits per heavy atom. The van der Waals surface area contributed by atoms with Crippen molar-refractivity contribution in [1.82, 2.24) is 19.7 Å². The summed E-state index contributed by atoms with van der Waals surface area (Å²) in [6.07, 6.45) is 4.84. The number of carbonyl (C=O) groups excluding carboxylic acids is 1. The van der Waals surface area contributed by atoms with Crippen molar-refractivity contribution < 1.29 is 18.7 Å². The van der Waals surface area contributed by atoms with Crippen LogP contribution >= 0.6 is 0 Å². The molecule has 3 heterocycles. The van der Waals surface area contributed by atoms with Crippen LogP contribution in [0.3, 0.4) is 0 Å². The number of rotatable bonds is 3. The second kappa shape index (κ2) is 5.52. The third-order valence-electron chi connectivity index (χ3n) is 4.93. The first-order valence-electron chi connectivity index (χ1n) is 8.11. The second-order valence-electron chi connectivity index (χ2n) is 6.97. The molecule has 1 saturated carbocycles. The summed E-state index contributed by atoms with van der Waals surface area (Å²) in [6.45, 7) is 3.11. The second-order valence-corrected chi connectivity index (χ2v) is 6.97. The van der Waals surface area contributed by atoms with E-state index in [2.05, 4.69) is 10.2 Å². The number of carbonyl (C=O) groups is 1. The van der Waals surface area contributed by atoms with E-state index in [9.17, 15) is 9.18 Å². The maximum Gasteiger partial charge on any atom is 0.260 e. The van der Waals surface area contributed by atoms with Crippen molar-refractivity contribution >= 4 is 5.91 Å². The van der Waals surface area contributed by atoms with Gasteiger partial charge in [0, 0.05) is 19.0 Å². The summed E-state index contributed by atoms with van der Waals surface area (Å²) in [7, 11) is 0. The minimum absolute atomic E-state index is 0.310. The number of aromatic nitrogens is 3. The molecule has 0 N–H and O–H groups in total. The fourth-order valence-corrected chi connectivity index (χ4v) is 3.57. The van der Waals surface area contributed by atoms with E-state index in [0.29, 0.717) is 51.7 Å². The van der Waals surface area contributed by atoms with Gasteiger partial charge in [-0.25, -0.2) is 4.39 Å². The van der Waals surface area contributed by atoms with Gasteiger partial charge in [-0.3, -0.25) is 4.79 Å². The summed E-state index contributed by atoms with van der Waals surface area (Å²) in [5.74, 6) is -0.0850. The van der Waals surface area contributed by atoms with Crippen molar-refractivity contribution in [3.05, 3.63) is 12.7 Å². The highest BCUT2D eigenvalue weighted by molar-refractivity contribution is 5.88. The van der Waals surface area contributed by atoms with E-state index < -0.39 is 17.2 Å². The lowest BCUT2D eigenvalue weighted by atomic mass is 9.94. The summed E-state index contributed by atoms with van der Waals surface area (Å²) >= 11 is 0. The fourth-order valence-electron chi connectivity index (χ4n) is 3.57. The zero-order chi connectivity index (χ0) is 15.9. The number of hydrogen-bond acceptors (Lipinski definition) is 5. The van der Waals surface area contributed by atoms with Crippen LogP contribution < -0.4 is 0 Å². The molecule has 1 amide bonds. The molecule has 2 unspecified atom stereocenters. The van der Waals surface area contributed by atoms with E-state index in [1.54, 1.807) is 17.6 Å². The summed E-state index contributed by atoms with van der Waals surface area (Å²) < 4.78 is 27.7. The van der Waals surface area contributed by atoms with Gasteiger partial charge in [-0.05, 0) is 19.3 Å². The van der Waals surface area contributed by atoms with Gasteiger partial charge in [-0.15, -0.1) is 10.2 Å². The molecule has 1 aliphatic carbocycles. The molecule has 3 fully saturated rings. The number of halogens is 1. The molecule has 7 nitrogen and oxygen atoms in total. The lowest BCUT2D eigenvalue weighted by molar-refractivity contribution is -0.141. The van der Waals surface area contributed by atoms with Crippen molar-refractivity contribution in [2.75, 3.05) is 32.9 Å². The van der Waals surface area contributed by atoms with Crippen molar-refractivity contribution in [2.24, 2.45) is 5.92 Å². The molecule has 0 bridgehead atoms. The zero-order valence-electron chi connectivity index (χ0n) is 13.0. The first-order chi connectivity index (χ1) is 11.1. The Labute approximate surface area is 133 Å². The van der Waals surface area contributed by atoms with Gasteiger partial charge < -0.3 is 18.9 Å². The van der Waals surface area contributed by atoms with Gasteiger partial charge in [0.25, 0.3) is 5.91 Å². The van der Waals surface area contributed by atoms with Crippen molar-refractivity contribution in [1.29, 1.82) is 0 Å². The van der Waals surface area contributed by atoms with Gasteiger partial charge in [0.1, 0.15) is 18.3 Å². The topological polar surface area (TPSA) is 69.5 Å². The highest BCUT2D eigenvalue weighted by Gasteiger charge is 2.54. The molecule has 0 aromatic carbocycles. The maximum atomic E-state index is 14.1. The third-order valence-corrected chi connectivity index (χ3v) is 4.93. The van der Waals surface area contributed by atoms with E-state index in [-0.39, 0.29) is 0 Å². The number of amides is 1. The van der Waals surface area contributed by atoms with E-state index >= 15 is 0 Å². The maximum absolute atomic E-state index is 14.1. The van der Waals surface area contributed by atoms with Crippen LogP contribution in [0.2, 0.25) is 0 Å². The normalized spacial score (nSPS) is 32.9. The third kappa shape index (κ3) is 2.97. The average molecular weight is 324 g/mol. The summed E-state index contributed by atoms with van der Waals surface area (Å²) in [5, 5.41) is 7.61. The van der Waals surface area contributed by atoms with Crippen LogP contribution in [-0.4, -0.2) is 69.8 Å². The van der Waals surface area contributed by atoms with Crippen LogP contribution in [0.5, 0.6) is 0 Å². The minimum atomic E-state index is -1.63. The van der Waals surface area contributed by atoms with Gasteiger partial charge in [-0.2, -0.15) is 0 Å². The highest BCUT2D eigenvalue weighted by atomic mass is 19.1. The Kier molecular flexibility index (Phi) is 3.60. The molecule has 1 spiro atoms. The quantitative estimate of drug-likeness (QED) is 0.806. The van der Waals surface area contributed by atoms with Gasteiger partial charge in [0.05, 0.1) is 26.4 Å². The Hall–Kier alpha value is -1.54. The smallest absolute Gasteiger partial charge is 0.260 e. The Balaban J connectivity index is 1.43. The summed E-state index contributed by atoms with van der Waals surface area (Å²) in [4.78, 5) is 13.9. The van der Waals surface area contributed by atoms with Gasteiger partial charge in [0.2, 0.25) is 0 Å². The molecule has 8 heteroatoms. The molecule has 2 saturated heterocycles. The molecule has 0 radical (unpaired) electrons. The van der Waals surface area contributed by atoms with Crippen LogP contribution in [0.15, 0.2) is 12.7 Å². The molecule has 2 atom stereocenters. The molecular formula is C15H21FN4O3. The Morgan fingerprint density at radius 1 is 1.35 bits per heavy atom. The van der Waals surface area contributed by atoms with E-state index in [0.717, 1.165) is 13.0 Å². The first kappa shape index (κ1) is 15.0. The minimum Gasteiger partial charge on any atom is -0.377 e. The Morgan fingerprint density at radius 3 is 2.87 bits per heavy atom. The lowest BCUT2D eigenvalue weighted by Gasteiger charge is -2.31. The first-order valence-corrected chi connectivity index (χ1v) is 8.11. The number of alkyl halides is 1. The van der Waals surface area contributed by atoms with E-state index in [4.69, 9.17) is 9.47 Å². The van der Waals surface area contributed by atoms with Crippen LogP contribution in [-0.2, 0) is 20.8 Å². The molecule has 126 valence electrons. The molecular weight excluding hydrogens is 303 g/mol.